The molecular weight excluding hydrogens is 214 g/mol. The van der Waals surface area contributed by atoms with Crippen molar-refractivity contribution in [1.29, 1.82) is 0 Å². The molecule has 0 amide bonds. The van der Waals surface area contributed by atoms with E-state index in [1.54, 1.807) is 0 Å². The molecule has 4 nitrogen and oxygen atoms in total. The molecule has 2 heterocycles. The summed E-state index contributed by atoms with van der Waals surface area (Å²) < 4.78 is 0. The Balaban J connectivity index is 1.44. The number of nitrogens with zero attached hydrogens (tertiary/aromatic N) is 2. The first kappa shape index (κ1) is 11.9. The topological polar surface area (TPSA) is 38.7 Å². The summed E-state index contributed by atoms with van der Waals surface area (Å²) in [7, 11) is 0. The highest BCUT2D eigenvalue weighted by molar-refractivity contribution is 4.91. The van der Waals surface area contributed by atoms with E-state index in [1.165, 1.54) is 39.0 Å². The van der Waals surface area contributed by atoms with Crippen molar-refractivity contribution in [3.63, 3.8) is 0 Å². The van der Waals surface area contributed by atoms with E-state index in [0.717, 1.165) is 38.5 Å². The van der Waals surface area contributed by atoms with Crippen molar-refractivity contribution in [3.8, 4) is 0 Å². The van der Waals surface area contributed by atoms with Gasteiger partial charge in [-0.2, -0.15) is 0 Å². The summed E-state index contributed by atoms with van der Waals surface area (Å²) in [4.78, 5) is 5.07. The van der Waals surface area contributed by atoms with Crippen LogP contribution >= 0.6 is 0 Å². The van der Waals surface area contributed by atoms with Gasteiger partial charge < -0.3 is 10.4 Å². The predicted molar refractivity (Wildman–Crippen MR) is 68.1 cm³/mol. The molecule has 2 aliphatic heterocycles. The fourth-order valence-electron chi connectivity index (χ4n) is 3.43. The molecule has 98 valence electrons. The molecule has 4 heteroatoms. The second kappa shape index (κ2) is 4.84. The Labute approximate surface area is 104 Å². The smallest absolute Gasteiger partial charge is 0.0774 e. The van der Waals surface area contributed by atoms with Crippen LogP contribution in [0.25, 0.3) is 0 Å². The zero-order chi connectivity index (χ0) is 11.7. The zero-order valence-electron chi connectivity index (χ0n) is 10.7. The third-order valence-electron chi connectivity index (χ3n) is 4.74. The molecule has 0 aromatic carbocycles. The number of piperazine rings is 1. The number of nitrogens with one attached hydrogen (secondary N) is 1. The molecule has 0 unspecified atom stereocenters. The van der Waals surface area contributed by atoms with Crippen LogP contribution in [0.4, 0.5) is 0 Å². The Kier molecular flexibility index (Phi) is 3.39. The molecule has 0 atom stereocenters. The van der Waals surface area contributed by atoms with Gasteiger partial charge in [-0.05, 0) is 12.8 Å². The van der Waals surface area contributed by atoms with E-state index in [1.807, 2.05) is 0 Å². The van der Waals surface area contributed by atoms with Gasteiger partial charge >= 0.3 is 0 Å². The van der Waals surface area contributed by atoms with Gasteiger partial charge in [-0.3, -0.25) is 9.80 Å². The Morgan fingerprint density at radius 3 is 2.24 bits per heavy atom. The molecular formula is C13H25N3O. The first-order chi connectivity index (χ1) is 8.25. The van der Waals surface area contributed by atoms with Crippen LogP contribution in [0.1, 0.15) is 25.7 Å². The van der Waals surface area contributed by atoms with Crippen molar-refractivity contribution >= 4 is 0 Å². The van der Waals surface area contributed by atoms with Gasteiger partial charge in [0, 0.05) is 51.9 Å². The first-order valence-electron chi connectivity index (χ1n) is 7.15. The molecule has 0 radical (unpaired) electrons. The van der Waals surface area contributed by atoms with E-state index in [-0.39, 0.29) is 5.60 Å². The number of hydrogen-bond acceptors (Lipinski definition) is 4. The molecule has 2 saturated heterocycles. The Morgan fingerprint density at radius 2 is 1.71 bits per heavy atom. The summed E-state index contributed by atoms with van der Waals surface area (Å²) in [6.07, 6.45) is 4.45. The van der Waals surface area contributed by atoms with Crippen LogP contribution in [0.3, 0.4) is 0 Å². The number of aliphatic hydroxyl groups is 1. The summed E-state index contributed by atoms with van der Waals surface area (Å²) in [5.41, 5.74) is -0.361. The van der Waals surface area contributed by atoms with E-state index < -0.39 is 0 Å². The van der Waals surface area contributed by atoms with E-state index in [4.69, 9.17) is 0 Å². The lowest BCUT2D eigenvalue weighted by molar-refractivity contribution is -0.0124. The highest BCUT2D eigenvalue weighted by Gasteiger charge is 2.35. The van der Waals surface area contributed by atoms with E-state index >= 15 is 0 Å². The largest absolute Gasteiger partial charge is 0.389 e. The van der Waals surface area contributed by atoms with E-state index in [2.05, 4.69) is 15.1 Å². The van der Waals surface area contributed by atoms with Gasteiger partial charge in [0.1, 0.15) is 0 Å². The minimum Gasteiger partial charge on any atom is -0.389 e. The summed E-state index contributed by atoms with van der Waals surface area (Å²) in [5, 5.41) is 13.7. The van der Waals surface area contributed by atoms with Crippen LogP contribution in [-0.2, 0) is 0 Å². The van der Waals surface area contributed by atoms with Gasteiger partial charge in [0.2, 0.25) is 0 Å². The van der Waals surface area contributed by atoms with Crippen molar-refractivity contribution in [1.82, 2.24) is 15.1 Å². The molecule has 0 bridgehead atoms. The maximum Gasteiger partial charge on any atom is 0.0774 e. The van der Waals surface area contributed by atoms with Crippen molar-refractivity contribution in [2.24, 2.45) is 0 Å². The predicted octanol–water partition coefficient (Wildman–Crippen LogP) is -0.119. The van der Waals surface area contributed by atoms with E-state index in [0.29, 0.717) is 0 Å². The van der Waals surface area contributed by atoms with Gasteiger partial charge in [0.25, 0.3) is 0 Å². The highest BCUT2D eigenvalue weighted by Crippen LogP contribution is 2.30. The second-order valence-electron chi connectivity index (χ2n) is 6.06. The molecule has 0 aromatic rings. The van der Waals surface area contributed by atoms with Crippen LogP contribution in [0.15, 0.2) is 0 Å². The quantitative estimate of drug-likeness (QED) is 0.720. The Bertz CT molecular complexity index is 253. The second-order valence-corrected chi connectivity index (χ2v) is 6.06. The van der Waals surface area contributed by atoms with Gasteiger partial charge in [-0.25, -0.2) is 0 Å². The third kappa shape index (κ3) is 2.65. The average molecular weight is 239 g/mol. The maximum atomic E-state index is 10.4. The van der Waals surface area contributed by atoms with Crippen LogP contribution in [0, 0.1) is 0 Å². The van der Waals surface area contributed by atoms with Crippen LogP contribution < -0.4 is 5.32 Å². The summed E-state index contributed by atoms with van der Waals surface area (Å²) in [6.45, 7) is 7.89. The molecule has 1 saturated carbocycles. The molecule has 3 rings (SSSR count). The van der Waals surface area contributed by atoms with Crippen molar-refractivity contribution in [3.05, 3.63) is 0 Å². The number of rotatable bonds is 3. The lowest BCUT2D eigenvalue weighted by Crippen LogP contribution is -2.62. The minimum absolute atomic E-state index is 0.361. The number of hydrogen-bond donors (Lipinski definition) is 2. The minimum atomic E-state index is -0.361. The fourth-order valence-corrected chi connectivity index (χ4v) is 3.43. The average Bonchev–Trinajstić information content (AvgIpc) is 2.65. The van der Waals surface area contributed by atoms with Crippen molar-refractivity contribution in [2.75, 3.05) is 45.8 Å². The Hall–Kier alpha value is -0.160. The lowest BCUT2D eigenvalue weighted by atomic mass is 10.0. The molecule has 3 aliphatic rings. The van der Waals surface area contributed by atoms with Crippen molar-refractivity contribution < 1.29 is 5.11 Å². The van der Waals surface area contributed by atoms with Gasteiger partial charge in [-0.15, -0.1) is 0 Å². The summed E-state index contributed by atoms with van der Waals surface area (Å²) in [6, 6.07) is 0.784. The maximum absolute atomic E-state index is 10.4. The first-order valence-corrected chi connectivity index (χ1v) is 7.15. The van der Waals surface area contributed by atoms with Crippen LogP contribution in [-0.4, -0.2) is 72.4 Å². The van der Waals surface area contributed by atoms with E-state index in [9.17, 15) is 5.11 Å². The lowest BCUT2D eigenvalue weighted by Gasteiger charge is -2.44. The van der Waals surface area contributed by atoms with Gasteiger partial charge in [-0.1, -0.05) is 12.8 Å². The normalized spacial score (nSPS) is 31.6. The number of β-amino-alcohol motifs (C(OH)–C–C–N with tert-alkyl or cyclic N) is 1. The summed E-state index contributed by atoms with van der Waals surface area (Å²) >= 11 is 0. The standard InChI is InChI=1S/C13H25N3O/c17-13(3-1-2-4-13)11-15-5-7-16(8-6-15)12-9-14-10-12/h12,14,17H,1-11H2. The van der Waals surface area contributed by atoms with Gasteiger partial charge in [0.15, 0.2) is 0 Å². The molecule has 1 aliphatic carbocycles. The molecule has 3 fully saturated rings. The molecule has 0 aromatic heterocycles. The zero-order valence-corrected chi connectivity index (χ0v) is 10.7. The summed E-state index contributed by atoms with van der Waals surface area (Å²) in [5.74, 6) is 0. The molecule has 2 N–H and O–H groups in total. The fraction of sp³-hybridized carbons (Fsp3) is 1.00. The van der Waals surface area contributed by atoms with Crippen molar-refractivity contribution in [2.45, 2.75) is 37.3 Å². The van der Waals surface area contributed by atoms with Gasteiger partial charge in [0.05, 0.1) is 5.60 Å². The highest BCUT2D eigenvalue weighted by atomic mass is 16.3. The molecule has 0 spiro atoms. The van der Waals surface area contributed by atoms with Crippen LogP contribution in [0.5, 0.6) is 0 Å². The third-order valence-corrected chi connectivity index (χ3v) is 4.74. The monoisotopic (exact) mass is 239 g/mol. The van der Waals surface area contributed by atoms with Crippen LogP contribution in [0.2, 0.25) is 0 Å². The molecule has 17 heavy (non-hydrogen) atoms. The Morgan fingerprint density at radius 1 is 1.06 bits per heavy atom. The SMILES string of the molecule is OC1(CN2CCN(C3CNC3)CC2)CCCC1.